The number of hydrogen-bond donors (Lipinski definition) is 0. The van der Waals surface area contributed by atoms with Crippen LogP contribution in [0.1, 0.15) is 24.0 Å². The third kappa shape index (κ3) is 4.59. The summed E-state index contributed by atoms with van der Waals surface area (Å²) in [4.78, 5) is 19.8. The summed E-state index contributed by atoms with van der Waals surface area (Å²) in [6.45, 7) is 5.76. The van der Waals surface area contributed by atoms with E-state index in [-0.39, 0.29) is 17.8 Å². The van der Waals surface area contributed by atoms with Crippen molar-refractivity contribution in [2.24, 2.45) is 0 Å². The highest BCUT2D eigenvalue weighted by Crippen LogP contribution is 2.22. The van der Waals surface area contributed by atoms with Crippen LogP contribution in [0, 0.1) is 5.82 Å². The number of rotatable bonds is 5. The van der Waals surface area contributed by atoms with Crippen molar-refractivity contribution in [1.82, 2.24) is 14.7 Å². The first kappa shape index (κ1) is 19.1. The molecular weight excluding hydrogens is 353 g/mol. The summed E-state index contributed by atoms with van der Waals surface area (Å²) in [5, 5.41) is 0. The zero-order valence-electron chi connectivity index (χ0n) is 16.3. The molecule has 5 heteroatoms. The molecular formula is C23H28FN3O. The van der Waals surface area contributed by atoms with Crippen LogP contribution in [0.3, 0.4) is 0 Å². The Labute approximate surface area is 166 Å². The summed E-state index contributed by atoms with van der Waals surface area (Å²) in [6, 6.07) is 17.2. The molecule has 148 valence electrons. The molecule has 0 radical (unpaired) electrons. The Morgan fingerprint density at radius 3 is 2.39 bits per heavy atom. The molecule has 2 saturated heterocycles. The van der Waals surface area contributed by atoms with Gasteiger partial charge in [0.15, 0.2) is 0 Å². The average molecular weight is 381 g/mol. The van der Waals surface area contributed by atoms with Crippen LogP contribution in [-0.4, -0.2) is 59.4 Å². The first-order chi connectivity index (χ1) is 13.7. The van der Waals surface area contributed by atoms with E-state index in [1.54, 1.807) is 12.1 Å². The first-order valence-electron chi connectivity index (χ1n) is 10.2. The van der Waals surface area contributed by atoms with Gasteiger partial charge in [0.2, 0.25) is 5.91 Å². The van der Waals surface area contributed by atoms with Gasteiger partial charge in [0.25, 0.3) is 0 Å². The van der Waals surface area contributed by atoms with E-state index in [4.69, 9.17) is 0 Å². The van der Waals surface area contributed by atoms with Crippen LogP contribution < -0.4 is 0 Å². The van der Waals surface area contributed by atoms with E-state index in [0.29, 0.717) is 0 Å². The Kier molecular flexibility index (Phi) is 6.03. The summed E-state index contributed by atoms with van der Waals surface area (Å²) < 4.78 is 13.4. The van der Waals surface area contributed by atoms with Crippen molar-refractivity contribution >= 4 is 5.91 Å². The highest BCUT2D eigenvalue weighted by molar-refractivity contribution is 5.82. The molecule has 0 N–H and O–H groups in total. The molecule has 28 heavy (non-hydrogen) atoms. The van der Waals surface area contributed by atoms with Crippen LogP contribution in [0.4, 0.5) is 4.39 Å². The summed E-state index contributed by atoms with van der Waals surface area (Å²) in [6.07, 6.45) is 2.04. The molecule has 4 nitrogen and oxygen atoms in total. The fourth-order valence-corrected chi connectivity index (χ4v) is 4.34. The van der Waals surface area contributed by atoms with E-state index in [0.717, 1.165) is 64.2 Å². The smallest absolute Gasteiger partial charge is 0.240 e. The Balaban J connectivity index is 1.30. The van der Waals surface area contributed by atoms with Crippen molar-refractivity contribution < 1.29 is 9.18 Å². The number of piperazine rings is 1. The Bertz CT molecular complexity index is 789. The van der Waals surface area contributed by atoms with Gasteiger partial charge in [-0.25, -0.2) is 4.39 Å². The van der Waals surface area contributed by atoms with Gasteiger partial charge in [-0.05, 0) is 42.6 Å². The van der Waals surface area contributed by atoms with Gasteiger partial charge < -0.3 is 4.90 Å². The standard InChI is InChI=1S/C23H28FN3O/c24-21-9-4-8-20(16-21)17-25-12-14-26(15-13-25)23(28)22-10-5-11-27(22)18-19-6-2-1-3-7-19/h1-4,6-9,16,22H,5,10-15,17-18H2/t22-/m1/s1. The van der Waals surface area contributed by atoms with Gasteiger partial charge in [-0.3, -0.25) is 14.6 Å². The maximum absolute atomic E-state index is 13.4. The van der Waals surface area contributed by atoms with Gasteiger partial charge in [0.05, 0.1) is 6.04 Å². The second kappa shape index (κ2) is 8.84. The van der Waals surface area contributed by atoms with Crippen LogP contribution in [0.15, 0.2) is 54.6 Å². The normalized spacial score (nSPS) is 21.2. The van der Waals surface area contributed by atoms with Gasteiger partial charge in [0, 0.05) is 39.3 Å². The molecule has 1 atom stereocenters. The molecule has 4 rings (SSSR count). The number of hydrogen-bond acceptors (Lipinski definition) is 3. The minimum atomic E-state index is -0.189. The molecule has 1 amide bonds. The van der Waals surface area contributed by atoms with Crippen LogP contribution in [0.5, 0.6) is 0 Å². The molecule has 2 aliphatic heterocycles. The van der Waals surface area contributed by atoms with Crippen LogP contribution >= 0.6 is 0 Å². The number of benzene rings is 2. The fraction of sp³-hybridized carbons (Fsp3) is 0.435. The Morgan fingerprint density at radius 2 is 1.64 bits per heavy atom. The summed E-state index contributed by atoms with van der Waals surface area (Å²) >= 11 is 0. The van der Waals surface area contributed by atoms with E-state index in [1.807, 2.05) is 17.0 Å². The lowest BCUT2D eigenvalue weighted by Crippen LogP contribution is -2.53. The topological polar surface area (TPSA) is 26.8 Å². The number of carbonyl (C=O) groups excluding carboxylic acids is 1. The minimum Gasteiger partial charge on any atom is -0.339 e. The zero-order chi connectivity index (χ0) is 19.3. The van der Waals surface area contributed by atoms with Crippen molar-refractivity contribution in [3.63, 3.8) is 0 Å². The monoisotopic (exact) mass is 381 g/mol. The molecule has 2 fully saturated rings. The lowest BCUT2D eigenvalue weighted by Gasteiger charge is -2.37. The predicted molar refractivity (Wildman–Crippen MR) is 108 cm³/mol. The number of carbonyl (C=O) groups is 1. The van der Waals surface area contributed by atoms with E-state index < -0.39 is 0 Å². The molecule has 0 saturated carbocycles. The minimum absolute atomic E-state index is 0.00924. The van der Waals surface area contributed by atoms with Crippen LogP contribution in [0.25, 0.3) is 0 Å². The average Bonchev–Trinajstić information content (AvgIpc) is 3.17. The number of halogens is 1. The SMILES string of the molecule is O=C([C@H]1CCCN1Cc1ccccc1)N1CCN(Cc2cccc(F)c2)CC1. The lowest BCUT2D eigenvalue weighted by molar-refractivity contribution is -0.138. The molecule has 0 aliphatic carbocycles. The highest BCUT2D eigenvalue weighted by Gasteiger charge is 2.34. The summed E-state index contributed by atoms with van der Waals surface area (Å²) in [5.74, 6) is 0.0879. The molecule has 2 aromatic rings. The zero-order valence-corrected chi connectivity index (χ0v) is 16.3. The predicted octanol–water partition coefficient (Wildman–Crippen LogP) is 3.13. The van der Waals surface area contributed by atoms with E-state index in [9.17, 15) is 9.18 Å². The molecule has 0 aromatic heterocycles. The highest BCUT2D eigenvalue weighted by atomic mass is 19.1. The summed E-state index contributed by atoms with van der Waals surface area (Å²) in [5.41, 5.74) is 2.26. The van der Waals surface area contributed by atoms with Crippen molar-refractivity contribution in [2.75, 3.05) is 32.7 Å². The van der Waals surface area contributed by atoms with Crippen LogP contribution in [-0.2, 0) is 17.9 Å². The van der Waals surface area contributed by atoms with Crippen LogP contribution in [0.2, 0.25) is 0 Å². The molecule has 2 aromatic carbocycles. The number of likely N-dealkylation sites (tertiary alicyclic amines) is 1. The molecule has 0 bridgehead atoms. The lowest BCUT2D eigenvalue weighted by atomic mass is 10.1. The van der Waals surface area contributed by atoms with Gasteiger partial charge >= 0.3 is 0 Å². The van der Waals surface area contributed by atoms with Gasteiger partial charge in [-0.1, -0.05) is 42.5 Å². The van der Waals surface area contributed by atoms with Crippen molar-refractivity contribution in [1.29, 1.82) is 0 Å². The molecule has 0 unspecified atom stereocenters. The first-order valence-corrected chi connectivity index (χ1v) is 10.2. The second-order valence-electron chi connectivity index (χ2n) is 7.85. The fourth-order valence-electron chi connectivity index (χ4n) is 4.34. The third-order valence-electron chi connectivity index (χ3n) is 5.86. The van der Waals surface area contributed by atoms with Crippen molar-refractivity contribution in [2.45, 2.75) is 32.0 Å². The maximum atomic E-state index is 13.4. The number of nitrogens with zero attached hydrogens (tertiary/aromatic N) is 3. The van der Waals surface area contributed by atoms with E-state index in [1.165, 1.54) is 11.6 Å². The summed E-state index contributed by atoms with van der Waals surface area (Å²) in [7, 11) is 0. The molecule has 0 spiro atoms. The largest absolute Gasteiger partial charge is 0.339 e. The Hall–Kier alpha value is -2.24. The van der Waals surface area contributed by atoms with E-state index in [2.05, 4.69) is 34.1 Å². The number of amides is 1. The molecule has 2 aliphatic rings. The van der Waals surface area contributed by atoms with Crippen molar-refractivity contribution in [3.05, 3.63) is 71.5 Å². The van der Waals surface area contributed by atoms with Gasteiger partial charge in [-0.15, -0.1) is 0 Å². The van der Waals surface area contributed by atoms with Gasteiger partial charge in [0.1, 0.15) is 5.82 Å². The quantitative estimate of drug-likeness (QED) is 0.796. The second-order valence-corrected chi connectivity index (χ2v) is 7.85. The third-order valence-corrected chi connectivity index (χ3v) is 5.86. The molecule has 2 heterocycles. The van der Waals surface area contributed by atoms with Gasteiger partial charge in [-0.2, -0.15) is 0 Å². The Morgan fingerprint density at radius 1 is 0.893 bits per heavy atom. The van der Waals surface area contributed by atoms with E-state index >= 15 is 0 Å². The maximum Gasteiger partial charge on any atom is 0.240 e. The van der Waals surface area contributed by atoms with Crippen molar-refractivity contribution in [3.8, 4) is 0 Å².